The van der Waals surface area contributed by atoms with E-state index in [-0.39, 0.29) is 11.9 Å². The smallest absolute Gasteiger partial charge is 0.230 e. The number of hydrogen-bond acceptors (Lipinski definition) is 3. The van der Waals surface area contributed by atoms with E-state index in [4.69, 9.17) is 0 Å². The Morgan fingerprint density at radius 1 is 1.50 bits per heavy atom. The molecule has 0 saturated carbocycles. The van der Waals surface area contributed by atoms with Crippen molar-refractivity contribution >= 4 is 33.6 Å². The van der Waals surface area contributed by atoms with Gasteiger partial charge < -0.3 is 10.6 Å². The first kappa shape index (κ1) is 15.5. The molecule has 3 nitrogen and oxygen atoms in total. The van der Waals surface area contributed by atoms with E-state index in [1.807, 2.05) is 6.07 Å². The number of amides is 1. The number of hydrogen-bond donors (Lipinski definition) is 2. The van der Waals surface area contributed by atoms with Crippen LogP contribution in [0.3, 0.4) is 0 Å². The zero-order valence-corrected chi connectivity index (χ0v) is 13.3. The van der Waals surface area contributed by atoms with Gasteiger partial charge in [-0.2, -0.15) is 0 Å². The van der Waals surface area contributed by atoms with E-state index in [1.165, 1.54) is 5.56 Å². The third-order valence-electron chi connectivity index (χ3n) is 2.59. The Labute approximate surface area is 121 Å². The van der Waals surface area contributed by atoms with Gasteiger partial charge in [0, 0.05) is 22.5 Å². The summed E-state index contributed by atoms with van der Waals surface area (Å²) in [6.45, 7) is 5.15. The molecular formula is C13H19BrN2OS. The summed E-state index contributed by atoms with van der Waals surface area (Å²) in [5.74, 6) is 0.495. The maximum atomic E-state index is 11.3. The first-order valence-electron chi connectivity index (χ1n) is 5.94. The minimum Gasteiger partial charge on any atom is -0.358 e. The largest absolute Gasteiger partial charge is 0.358 e. The minimum absolute atomic E-state index is 0.0463. The lowest BCUT2D eigenvalue weighted by Crippen LogP contribution is -2.21. The summed E-state index contributed by atoms with van der Waals surface area (Å²) in [7, 11) is 1.66. The molecule has 0 heterocycles. The number of carbonyl (C=O) groups excluding carboxylic acids is 1. The van der Waals surface area contributed by atoms with Crippen molar-refractivity contribution in [1.29, 1.82) is 0 Å². The van der Waals surface area contributed by atoms with Crippen LogP contribution in [0.25, 0.3) is 0 Å². The van der Waals surface area contributed by atoms with Crippen LogP contribution in [0.5, 0.6) is 0 Å². The van der Waals surface area contributed by atoms with E-state index in [2.05, 4.69) is 52.5 Å². The van der Waals surface area contributed by atoms with E-state index in [1.54, 1.807) is 18.8 Å². The van der Waals surface area contributed by atoms with E-state index in [0.717, 1.165) is 15.9 Å². The third kappa shape index (κ3) is 4.63. The predicted molar refractivity (Wildman–Crippen MR) is 81.0 cm³/mol. The monoisotopic (exact) mass is 330 g/mol. The van der Waals surface area contributed by atoms with Gasteiger partial charge in [0.2, 0.25) is 5.91 Å². The molecule has 1 rings (SSSR count). The van der Waals surface area contributed by atoms with Crippen molar-refractivity contribution in [2.45, 2.75) is 24.8 Å². The molecule has 0 fully saturated rings. The third-order valence-corrected chi connectivity index (χ3v) is 4.17. The molecule has 2 N–H and O–H groups in total. The van der Waals surface area contributed by atoms with Gasteiger partial charge in [-0.3, -0.25) is 4.79 Å². The summed E-state index contributed by atoms with van der Waals surface area (Å²) < 4.78 is 1.06. The first-order valence-corrected chi connectivity index (χ1v) is 7.72. The number of nitrogens with one attached hydrogen (secondary N) is 2. The fourth-order valence-electron chi connectivity index (χ4n) is 1.62. The molecule has 1 aromatic rings. The van der Waals surface area contributed by atoms with Gasteiger partial charge in [0.05, 0.1) is 5.75 Å². The van der Waals surface area contributed by atoms with Crippen LogP contribution in [-0.4, -0.2) is 25.3 Å². The lowest BCUT2D eigenvalue weighted by molar-refractivity contribution is -0.118. The Morgan fingerprint density at radius 2 is 2.22 bits per heavy atom. The summed E-state index contributed by atoms with van der Waals surface area (Å²) >= 11 is 5.06. The number of carbonyl (C=O) groups is 1. The molecule has 1 unspecified atom stereocenters. The Kier molecular flexibility index (Phi) is 6.75. The number of halogens is 1. The van der Waals surface area contributed by atoms with Gasteiger partial charge in [-0.25, -0.2) is 0 Å². The number of rotatable bonds is 6. The van der Waals surface area contributed by atoms with Crippen molar-refractivity contribution < 1.29 is 4.79 Å². The minimum atomic E-state index is 0.0463. The summed E-state index contributed by atoms with van der Waals surface area (Å²) in [5.41, 5.74) is 1.22. The highest BCUT2D eigenvalue weighted by Crippen LogP contribution is 2.30. The molecule has 0 radical (unpaired) electrons. The van der Waals surface area contributed by atoms with Crippen LogP contribution in [0.2, 0.25) is 0 Å². The van der Waals surface area contributed by atoms with E-state index in [0.29, 0.717) is 5.75 Å². The molecule has 1 amide bonds. The molecule has 0 aromatic heterocycles. The van der Waals surface area contributed by atoms with E-state index in [9.17, 15) is 4.79 Å². The van der Waals surface area contributed by atoms with Crippen LogP contribution >= 0.6 is 27.7 Å². The first-order chi connectivity index (χ1) is 8.58. The molecule has 0 saturated heterocycles. The van der Waals surface area contributed by atoms with Crippen molar-refractivity contribution in [1.82, 2.24) is 10.6 Å². The van der Waals surface area contributed by atoms with Crippen molar-refractivity contribution in [3.63, 3.8) is 0 Å². The van der Waals surface area contributed by atoms with Crippen LogP contribution < -0.4 is 10.6 Å². The highest BCUT2D eigenvalue weighted by molar-refractivity contribution is 9.10. The fourth-order valence-corrected chi connectivity index (χ4v) is 3.00. The van der Waals surface area contributed by atoms with Crippen LogP contribution in [0.1, 0.15) is 25.5 Å². The van der Waals surface area contributed by atoms with Crippen molar-refractivity contribution in [3.05, 3.63) is 28.2 Å². The Morgan fingerprint density at radius 3 is 2.83 bits per heavy atom. The zero-order chi connectivity index (χ0) is 13.5. The summed E-state index contributed by atoms with van der Waals surface area (Å²) in [6, 6.07) is 6.45. The summed E-state index contributed by atoms with van der Waals surface area (Å²) in [4.78, 5) is 12.5. The zero-order valence-electron chi connectivity index (χ0n) is 10.9. The van der Waals surface area contributed by atoms with Crippen molar-refractivity contribution in [2.75, 3.05) is 19.3 Å². The molecule has 0 aliphatic heterocycles. The molecule has 100 valence electrons. The van der Waals surface area contributed by atoms with Crippen LogP contribution in [-0.2, 0) is 4.79 Å². The van der Waals surface area contributed by atoms with Crippen molar-refractivity contribution in [2.24, 2.45) is 0 Å². The molecule has 0 spiro atoms. The highest BCUT2D eigenvalue weighted by atomic mass is 79.9. The molecule has 5 heteroatoms. The van der Waals surface area contributed by atoms with E-state index < -0.39 is 0 Å². The average molecular weight is 331 g/mol. The van der Waals surface area contributed by atoms with Gasteiger partial charge >= 0.3 is 0 Å². The van der Waals surface area contributed by atoms with Crippen molar-refractivity contribution in [3.8, 4) is 0 Å². The topological polar surface area (TPSA) is 41.1 Å². The second-order valence-corrected chi connectivity index (χ2v) is 5.86. The second kappa shape index (κ2) is 7.81. The van der Waals surface area contributed by atoms with Gasteiger partial charge in [-0.1, -0.05) is 22.9 Å². The Balaban J connectivity index is 2.85. The standard InChI is InChI=1S/C13H19BrN2OS/c1-4-16-9(2)11-7-10(14)5-6-12(11)18-8-13(17)15-3/h5-7,9,16H,4,8H2,1-3H3,(H,15,17). The van der Waals surface area contributed by atoms with Crippen LogP contribution in [0.15, 0.2) is 27.6 Å². The SMILES string of the molecule is CCNC(C)c1cc(Br)ccc1SCC(=O)NC. The lowest BCUT2D eigenvalue weighted by Gasteiger charge is -2.17. The Bertz CT molecular complexity index is 412. The highest BCUT2D eigenvalue weighted by Gasteiger charge is 2.11. The van der Waals surface area contributed by atoms with Crippen LogP contribution in [0, 0.1) is 0 Å². The maximum Gasteiger partial charge on any atom is 0.230 e. The second-order valence-electron chi connectivity index (χ2n) is 3.92. The average Bonchev–Trinajstić information content (AvgIpc) is 2.37. The summed E-state index contributed by atoms with van der Waals surface area (Å²) in [5, 5.41) is 6.03. The fraction of sp³-hybridized carbons (Fsp3) is 0.462. The molecule has 1 atom stereocenters. The van der Waals surface area contributed by atoms with Gasteiger partial charge in [0.1, 0.15) is 0 Å². The molecule has 0 bridgehead atoms. The van der Waals surface area contributed by atoms with Gasteiger partial charge in [0.25, 0.3) is 0 Å². The van der Waals surface area contributed by atoms with Gasteiger partial charge in [-0.15, -0.1) is 11.8 Å². The molecule has 0 aliphatic carbocycles. The molecule has 0 aliphatic rings. The van der Waals surface area contributed by atoms with Gasteiger partial charge in [-0.05, 0) is 37.2 Å². The van der Waals surface area contributed by atoms with Gasteiger partial charge in [0.15, 0.2) is 0 Å². The van der Waals surface area contributed by atoms with E-state index >= 15 is 0 Å². The summed E-state index contributed by atoms with van der Waals surface area (Å²) in [6.07, 6.45) is 0. The normalized spacial score (nSPS) is 12.2. The molecular weight excluding hydrogens is 312 g/mol. The van der Waals surface area contributed by atoms with Crippen LogP contribution in [0.4, 0.5) is 0 Å². The number of thioether (sulfide) groups is 1. The maximum absolute atomic E-state index is 11.3. The number of benzene rings is 1. The lowest BCUT2D eigenvalue weighted by atomic mass is 10.1. The predicted octanol–water partition coefficient (Wildman–Crippen LogP) is 2.96. The molecule has 18 heavy (non-hydrogen) atoms. The Hall–Kier alpha value is -0.520. The molecule has 1 aromatic carbocycles. The quantitative estimate of drug-likeness (QED) is 0.788.